The molecule has 0 aliphatic carbocycles. The van der Waals surface area contributed by atoms with Crippen LogP contribution in [0.2, 0.25) is 0 Å². The molecule has 0 saturated carbocycles. The lowest BCUT2D eigenvalue weighted by Crippen LogP contribution is -2.22. The third-order valence-electron chi connectivity index (χ3n) is 2.11. The maximum absolute atomic E-state index is 9.43. The van der Waals surface area contributed by atoms with E-state index in [-0.39, 0.29) is 0 Å². The quantitative estimate of drug-likeness (QED) is 0.541. The van der Waals surface area contributed by atoms with Crippen molar-refractivity contribution in [1.82, 2.24) is 0 Å². The Morgan fingerprint density at radius 3 is 2.13 bits per heavy atom. The molecule has 0 bridgehead atoms. The first-order valence-corrected chi connectivity index (χ1v) is 6.14. The summed E-state index contributed by atoms with van der Waals surface area (Å²) >= 11 is 0. The van der Waals surface area contributed by atoms with Crippen LogP contribution in [-0.4, -0.2) is 37.6 Å². The number of hydrogen-bond acceptors (Lipinski definition) is 3. The van der Waals surface area contributed by atoms with E-state index in [0.717, 1.165) is 19.4 Å². The first kappa shape index (κ1) is 14.9. The molecule has 0 aliphatic rings. The standard InChI is InChI=1S/C12H26O3/c1-3-5-6-7-9-15-11-12(13)10-14-8-4-2/h12-13H,3-11H2,1-2H3. The van der Waals surface area contributed by atoms with Gasteiger partial charge in [0.2, 0.25) is 0 Å². The largest absolute Gasteiger partial charge is 0.388 e. The zero-order valence-electron chi connectivity index (χ0n) is 10.2. The van der Waals surface area contributed by atoms with Crippen molar-refractivity contribution in [3.8, 4) is 0 Å². The van der Waals surface area contributed by atoms with Crippen LogP contribution in [-0.2, 0) is 9.47 Å². The van der Waals surface area contributed by atoms with Crippen molar-refractivity contribution in [2.75, 3.05) is 26.4 Å². The molecular weight excluding hydrogens is 192 g/mol. The van der Waals surface area contributed by atoms with Crippen molar-refractivity contribution in [2.45, 2.75) is 52.1 Å². The van der Waals surface area contributed by atoms with Gasteiger partial charge in [0, 0.05) is 13.2 Å². The Labute approximate surface area is 93.8 Å². The molecule has 0 amide bonds. The second-order valence-electron chi connectivity index (χ2n) is 3.86. The van der Waals surface area contributed by atoms with Gasteiger partial charge in [-0.15, -0.1) is 0 Å². The number of aliphatic hydroxyl groups is 1. The van der Waals surface area contributed by atoms with E-state index in [1.807, 2.05) is 0 Å². The first-order valence-electron chi connectivity index (χ1n) is 6.14. The van der Waals surface area contributed by atoms with Gasteiger partial charge in [0.25, 0.3) is 0 Å². The average Bonchev–Trinajstić information content (AvgIpc) is 2.23. The molecule has 0 aromatic carbocycles. The molecule has 1 unspecified atom stereocenters. The minimum Gasteiger partial charge on any atom is -0.388 e. The number of unbranched alkanes of at least 4 members (excludes halogenated alkanes) is 3. The smallest absolute Gasteiger partial charge is 0.101 e. The van der Waals surface area contributed by atoms with Gasteiger partial charge in [-0.3, -0.25) is 0 Å². The topological polar surface area (TPSA) is 38.7 Å². The molecule has 0 heterocycles. The van der Waals surface area contributed by atoms with Gasteiger partial charge in [-0.2, -0.15) is 0 Å². The second kappa shape index (κ2) is 12.0. The normalized spacial score (nSPS) is 13.0. The van der Waals surface area contributed by atoms with Crippen LogP contribution in [0, 0.1) is 0 Å². The molecular formula is C12H26O3. The summed E-state index contributed by atoms with van der Waals surface area (Å²) in [4.78, 5) is 0. The van der Waals surface area contributed by atoms with Gasteiger partial charge < -0.3 is 14.6 Å². The van der Waals surface area contributed by atoms with Gasteiger partial charge in [-0.25, -0.2) is 0 Å². The predicted molar refractivity (Wildman–Crippen MR) is 62.1 cm³/mol. The van der Waals surface area contributed by atoms with Crippen LogP contribution in [0.3, 0.4) is 0 Å². The lowest BCUT2D eigenvalue weighted by molar-refractivity contribution is -0.0192. The molecule has 0 spiro atoms. The van der Waals surface area contributed by atoms with Crippen LogP contribution in [0.15, 0.2) is 0 Å². The highest BCUT2D eigenvalue weighted by molar-refractivity contribution is 4.51. The Hall–Kier alpha value is -0.120. The first-order chi connectivity index (χ1) is 7.31. The highest BCUT2D eigenvalue weighted by Gasteiger charge is 2.03. The molecule has 0 radical (unpaired) electrons. The highest BCUT2D eigenvalue weighted by atomic mass is 16.5. The van der Waals surface area contributed by atoms with Gasteiger partial charge in [-0.1, -0.05) is 33.1 Å². The molecule has 0 aromatic heterocycles. The second-order valence-corrected chi connectivity index (χ2v) is 3.86. The van der Waals surface area contributed by atoms with Crippen LogP contribution >= 0.6 is 0 Å². The highest BCUT2D eigenvalue weighted by Crippen LogP contribution is 1.99. The van der Waals surface area contributed by atoms with E-state index in [4.69, 9.17) is 9.47 Å². The number of hydrogen-bond donors (Lipinski definition) is 1. The van der Waals surface area contributed by atoms with Crippen molar-refractivity contribution in [1.29, 1.82) is 0 Å². The Morgan fingerprint density at radius 1 is 0.867 bits per heavy atom. The fraction of sp³-hybridized carbons (Fsp3) is 1.00. The van der Waals surface area contributed by atoms with Crippen LogP contribution in [0.5, 0.6) is 0 Å². The van der Waals surface area contributed by atoms with Crippen molar-refractivity contribution in [2.24, 2.45) is 0 Å². The predicted octanol–water partition coefficient (Wildman–Crippen LogP) is 2.37. The van der Waals surface area contributed by atoms with Gasteiger partial charge in [0.15, 0.2) is 0 Å². The van der Waals surface area contributed by atoms with Gasteiger partial charge in [0.1, 0.15) is 6.10 Å². The molecule has 1 N–H and O–H groups in total. The Morgan fingerprint density at radius 2 is 1.53 bits per heavy atom. The molecule has 92 valence electrons. The summed E-state index contributed by atoms with van der Waals surface area (Å²) in [6.45, 7) is 6.50. The van der Waals surface area contributed by atoms with E-state index in [1.54, 1.807) is 0 Å². The van der Waals surface area contributed by atoms with Crippen molar-refractivity contribution >= 4 is 0 Å². The summed E-state index contributed by atoms with van der Waals surface area (Å²) in [6, 6.07) is 0. The van der Waals surface area contributed by atoms with Gasteiger partial charge in [0.05, 0.1) is 13.2 Å². The molecule has 0 fully saturated rings. The number of rotatable bonds is 11. The summed E-state index contributed by atoms with van der Waals surface area (Å²) in [6.07, 6.45) is 5.35. The SMILES string of the molecule is CCCCCCOCC(O)COCCC. The Kier molecular flexibility index (Phi) is 11.9. The van der Waals surface area contributed by atoms with Gasteiger partial charge >= 0.3 is 0 Å². The van der Waals surface area contributed by atoms with Gasteiger partial charge in [-0.05, 0) is 12.8 Å². The van der Waals surface area contributed by atoms with Crippen LogP contribution in [0.4, 0.5) is 0 Å². The lowest BCUT2D eigenvalue weighted by atomic mass is 10.2. The average molecular weight is 218 g/mol. The molecule has 3 nitrogen and oxygen atoms in total. The maximum Gasteiger partial charge on any atom is 0.101 e. The fourth-order valence-electron chi connectivity index (χ4n) is 1.26. The Bertz CT molecular complexity index is 117. The fourth-order valence-corrected chi connectivity index (χ4v) is 1.26. The van der Waals surface area contributed by atoms with E-state index in [9.17, 15) is 5.11 Å². The zero-order chi connectivity index (χ0) is 11.4. The van der Waals surface area contributed by atoms with E-state index in [1.165, 1.54) is 19.3 Å². The molecule has 0 rings (SSSR count). The zero-order valence-corrected chi connectivity index (χ0v) is 10.2. The monoisotopic (exact) mass is 218 g/mol. The molecule has 0 aromatic rings. The summed E-state index contributed by atoms with van der Waals surface area (Å²) in [5.41, 5.74) is 0. The third kappa shape index (κ3) is 11.8. The van der Waals surface area contributed by atoms with Crippen LogP contribution < -0.4 is 0 Å². The lowest BCUT2D eigenvalue weighted by Gasteiger charge is -2.11. The van der Waals surface area contributed by atoms with Crippen LogP contribution in [0.1, 0.15) is 46.0 Å². The van der Waals surface area contributed by atoms with E-state index < -0.39 is 6.10 Å². The summed E-state index contributed by atoms with van der Waals surface area (Å²) < 4.78 is 10.6. The summed E-state index contributed by atoms with van der Waals surface area (Å²) in [7, 11) is 0. The molecule has 1 atom stereocenters. The minimum absolute atomic E-state index is 0.392. The van der Waals surface area contributed by atoms with Crippen molar-refractivity contribution in [3.05, 3.63) is 0 Å². The van der Waals surface area contributed by atoms with E-state index in [2.05, 4.69) is 13.8 Å². The van der Waals surface area contributed by atoms with Crippen molar-refractivity contribution < 1.29 is 14.6 Å². The van der Waals surface area contributed by atoms with E-state index in [0.29, 0.717) is 19.8 Å². The van der Waals surface area contributed by atoms with Crippen LogP contribution in [0.25, 0.3) is 0 Å². The molecule has 15 heavy (non-hydrogen) atoms. The summed E-state index contributed by atoms with van der Waals surface area (Å²) in [5.74, 6) is 0. The van der Waals surface area contributed by atoms with E-state index >= 15 is 0 Å². The third-order valence-corrected chi connectivity index (χ3v) is 2.11. The summed E-state index contributed by atoms with van der Waals surface area (Å²) in [5, 5.41) is 9.43. The number of ether oxygens (including phenoxy) is 2. The molecule has 0 saturated heterocycles. The minimum atomic E-state index is -0.470. The molecule has 3 heteroatoms. The Balaban J connectivity index is 3.06. The molecule has 0 aliphatic heterocycles. The number of aliphatic hydroxyl groups excluding tert-OH is 1. The van der Waals surface area contributed by atoms with Crippen molar-refractivity contribution in [3.63, 3.8) is 0 Å². The maximum atomic E-state index is 9.43.